The van der Waals surface area contributed by atoms with E-state index < -0.39 is 5.91 Å². The molecule has 3 aromatic carbocycles. The van der Waals surface area contributed by atoms with Gasteiger partial charge in [0.05, 0.1) is 10.7 Å². The van der Waals surface area contributed by atoms with E-state index in [0.717, 1.165) is 0 Å². The molecular weight excluding hydrogens is 391 g/mol. The molecule has 0 radical (unpaired) electrons. The van der Waals surface area contributed by atoms with E-state index >= 15 is 0 Å². The highest BCUT2D eigenvalue weighted by Crippen LogP contribution is 2.22. The lowest BCUT2D eigenvalue weighted by atomic mass is 10.1. The normalized spacial score (nSPS) is 10.9. The van der Waals surface area contributed by atoms with E-state index in [1.165, 1.54) is 12.1 Å². The third-order valence-corrected chi connectivity index (χ3v) is 4.34. The SMILES string of the molecule is N#C/C(=C/c1cccc(OCc2ccccc2F)c1)C(=O)Nc1ccccc1Cl. The van der Waals surface area contributed by atoms with Crippen molar-refractivity contribution in [2.24, 2.45) is 0 Å². The van der Waals surface area contributed by atoms with Crippen LogP contribution >= 0.6 is 11.6 Å². The minimum absolute atomic E-state index is 0.0674. The molecule has 3 rings (SSSR count). The van der Waals surface area contributed by atoms with Gasteiger partial charge in [-0.3, -0.25) is 4.79 Å². The summed E-state index contributed by atoms with van der Waals surface area (Å²) in [5, 5.41) is 12.4. The van der Waals surface area contributed by atoms with Crippen molar-refractivity contribution in [2.75, 3.05) is 5.32 Å². The van der Waals surface area contributed by atoms with Crippen LogP contribution in [0.15, 0.2) is 78.4 Å². The number of nitriles is 1. The maximum absolute atomic E-state index is 13.7. The zero-order valence-electron chi connectivity index (χ0n) is 15.2. The van der Waals surface area contributed by atoms with Crippen LogP contribution in [0.5, 0.6) is 5.75 Å². The molecule has 29 heavy (non-hydrogen) atoms. The van der Waals surface area contributed by atoms with Gasteiger partial charge >= 0.3 is 0 Å². The van der Waals surface area contributed by atoms with Gasteiger partial charge in [-0.25, -0.2) is 4.39 Å². The van der Waals surface area contributed by atoms with Gasteiger partial charge < -0.3 is 10.1 Å². The fourth-order valence-corrected chi connectivity index (χ4v) is 2.72. The quantitative estimate of drug-likeness (QED) is 0.428. The van der Waals surface area contributed by atoms with Gasteiger partial charge in [-0.1, -0.05) is 54.1 Å². The Labute approximate surface area is 172 Å². The maximum atomic E-state index is 13.7. The lowest BCUT2D eigenvalue weighted by Gasteiger charge is -2.08. The highest BCUT2D eigenvalue weighted by Gasteiger charge is 2.11. The minimum Gasteiger partial charge on any atom is -0.489 e. The molecule has 6 heteroatoms. The molecule has 0 saturated heterocycles. The van der Waals surface area contributed by atoms with Crippen molar-refractivity contribution in [3.05, 3.63) is 100 Å². The largest absolute Gasteiger partial charge is 0.489 e. The highest BCUT2D eigenvalue weighted by atomic mass is 35.5. The number of hydrogen-bond acceptors (Lipinski definition) is 3. The number of anilines is 1. The average Bonchev–Trinajstić information content (AvgIpc) is 2.73. The molecule has 0 aliphatic heterocycles. The topological polar surface area (TPSA) is 62.1 Å². The van der Waals surface area contributed by atoms with Crippen LogP contribution in [0.25, 0.3) is 6.08 Å². The van der Waals surface area contributed by atoms with Crippen LogP contribution < -0.4 is 10.1 Å². The van der Waals surface area contributed by atoms with Crippen LogP contribution in [-0.4, -0.2) is 5.91 Å². The number of carbonyl (C=O) groups excluding carboxylic acids is 1. The molecule has 1 amide bonds. The third-order valence-electron chi connectivity index (χ3n) is 4.01. The molecule has 0 fully saturated rings. The lowest BCUT2D eigenvalue weighted by molar-refractivity contribution is -0.112. The number of ether oxygens (including phenoxy) is 1. The maximum Gasteiger partial charge on any atom is 0.266 e. The van der Waals surface area contributed by atoms with Gasteiger partial charge in [0.1, 0.15) is 29.8 Å². The van der Waals surface area contributed by atoms with Gasteiger partial charge in [0.25, 0.3) is 5.91 Å². The Morgan fingerprint density at radius 3 is 2.62 bits per heavy atom. The molecule has 144 valence electrons. The molecule has 3 aromatic rings. The number of nitrogens with zero attached hydrogens (tertiary/aromatic N) is 1. The summed E-state index contributed by atoms with van der Waals surface area (Å²) in [5.41, 5.74) is 1.37. The van der Waals surface area contributed by atoms with Crippen molar-refractivity contribution in [3.8, 4) is 11.8 Å². The molecule has 0 saturated carbocycles. The summed E-state index contributed by atoms with van der Waals surface area (Å²) in [6.07, 6.45) is 1.45. The molecule has 0 aliphatic rings. The van der Waals surface area contributed by atoms with E-state index in [9.17, 15) is 14.4 Å². The molecule has 0 spiro atoms. The standard InChI is InChI=1S/C23H16ClFN2O2/c24-20-9-2-4-11-22(20)27-23(28)18(14-26)12-16-6-5-8-19(13-16)29-15-17-7-1-3-10-21(17)25/h1-13H,15H2,(H,27,28)/b18-12-. The summed E-state index contributed by atoms with van der Waals surface area (Å²) < 4.78 is 19.3. The van der Waals surface area contributed by atoms with Crippen molar-refractivity contribution in [3.63, 3.8) is 0 Å². The first-order chi connectivity index (χ1) is 14.1. The van der Waals surface area contributed by atoms with Crippen molar-refractivity contribution < 1.29 is 13.9 Å². The van der Waals surface area contributed by atoms with Crippen LogP contribution in [-0.2, 0) is 11.4 Å². The Bertz CT molecular complexity index is 1110. The molecule has 4 nitrogen and oxygen atoms in total. The van der Waals surface area contributed by atoms with Crippen LogP contribution in [0.2, 0.25) is 5.02 Å². The number of para-hydroxylation sites is 1. The molecule has 0 unspecified atom stereocenters. The number of amides is 1. The van der Waals surface area contributed by atoms with E-state index in [0.29, 0.717) is 27.6 Å². The zero-order chi connectivity index (χ0) is 20.6. The Balaban J connectivity index is 1.73. The van der Waals surface area contributed by atoms with E-state index in [2.05, 4.69) is 5.32 Å². The summed E-state index contributed by atoms with van der Waals surface area (Å²) >= 11 is 6.03. The van der Waals surface area contributed by atoms with Gasteiger partial charge in [0, 0.05) is 5.56 Å². The average molecular weight is 407 g/mol. The second-order valence-corrected chi connectivity index (χ2v) is 6.46. The summed E-state index contributed by atoms with van der Waals surface area (Å²) in [5.74, 6) is -0.421. The summed E-state index contributed by atoms with van der Waals surface area (Å²) in [6.45, 7) is 0.0674. The number of halogens is 2. The fraction of sp³-hybridized carbons (Fsp3) is 0.0435. The predicted molar refractivity (Wildman–Crippen MR) is 111 cm³/mol. The highest BCUT2D eigenvalue weighted by molar-refractivity contribution is 6.34. The molecular formula is C23H16ClFN2O2. The first-order valence-electron chi connectivity index (χ1n) is 8.71. The van der Waals surface area contributed by atoms with Crippen molar-refractivity contribution in [2.45, 2.75) is 6.61 Å². The van der Waals surface area contributed by atoms with Gasteiger partial charge in [-0.15, -0.1) is 0 Å². The Morgan fingerprint density at radius 1 is 1.10 bits per heavy atom. The van der Waals surface area contributed by atoms with E-state index in [1.54, 1.807) is 66.7 Å². The van der Waals surface area contributed by atoms with Crippen LogP contribution in [0.4, 0.5) is 10.1 Å². The van der Waals surface area contributed by atoms with E-state index in [-0.39, 0.29) is 18.0 Å². The lowest BCUT2D eigenvalue weighted by Crippen LogP contribution is -2.13. The monoisotopic (exact) mass is 406 g/mol. The first kappa shape index (κ1) is 20.1. The van der Waals surface area contributed by atoms with Crippen molar-refractivity contribution in [1.29, 1.82) is 5.26 Å². The predicted octanol–water partition coefficient (Wildman–Crippen LogP) is 5.60. The van der Waals surface area contributed by atoms with Crippen molar-refractivity contribution >= 4 is 29.3 Å². The molecule has 0 bridgehead atoms. The summed E-state index contributed by atoms with van der Waals surface area (Å²) in [6, 6.07) is 21.9. The molecule has 0 atom stereocenters. The number of benzene rings is 3. The number of rotatable bonds is 6. The summed E-state index contributed by atoms with van der Waals surface area (Å²) in [7, 11) is 0. The summed E-state index contributed by atoms with van der Waals surface area (Å²) in [4.78, 5) is 12.4. The number of carbonyl (C=O) groups is 1. The van der Waals surface area contributed by atoms with Gasteiger partial charge in [-0.2, -0.15) is 5.26 Å². The van der Waals surface area contributed by atoms with Crippen LogP contribution in [0.1, 0.15) is 11.1 Å². The minimum atomic E-state index is -0.571. The van der Waals surface area contributed by atoms with Crippen molar-refractivity contribution in [1.82, 2.24) is 0 Å². The first-order valence-corrected chi connectivity index (χ1v) is 9.08. The van der Waals surface area contributed by atoms with E-state index in [4.69, 9.17) is 16.3 Å². The Kier molecular flexibility index (Phi) is 6.62. The smallest absolute Gasteiger partial charge is 0.266 e. The van der Waals surface area contributed by atoms with E-state index in [1.807, 2.05) is 6.07 Å². The molecule has 0 aliphatic carbocycles. The number of nitrogens with one attached hydrogen (secondary N) is 1. The molecule has 0 heterocycles. The van der Waals surface area contributed by atoms with Gasteiger partial charge in [0.15, 0.2) is 0 Å². The van der Waals surface area contributed by atoms with Gasteiger partial charge in [-0.05, 0) is 42.0 Å². The Hall–Kier alpha value is -3.62. The Morgan fingerprint density at radius 2 is 1.86 bits per heavy atom. The number of hydrogen-bond donors (Lipinski definition) is 1. The zero-order valence-corrected chi connectivity index (χ0v) is 16.0. The third kappa shape index (κ3) is 5.44. The second kappa shape index (κ2) is 9.54. The molecule has 0 aromatic heterocycles. The molecule has 1 N–H and O–H groups in total. The van der Waals surface area contributed by atoms with Gasteiger partial charge in [0.2, 0.25) is 0 Å². The van der Waals surface area contributed by atoms with Crippen LogP contribution in [0, 0.1) is 17.1 Å². The second-order valence-electron chi connectivity index (χ2n) is 6.06. The van der Waals surface area contributed by atoms with Crippen LogP contribution in [0.3, 0.4) is 0 Å². The fourth-order valence-electron chi connectivity index (χ4n) is 2.54.